The Morgan fingerprint density at radius 1 is 1.26 bits per heavy atom. The van der Waals surface area contributed by atoms with E-state index in [0.29, 0.717) is 5.92 Å². The van der Waals surface area contributed by atoms with Gasteiger partial charge in [0, 0.05) is 22.9 Å². The molecular formula is C16H20N2S. The summed E-state index contributed by atoms with van der Waals surface area (Å²) in [5.74, 6) is 1.72. The van der Waals surface area contributed by atoms with E-state index in [1.54, 1.807) is 0 Å². The number of thioether (sulfide) groups is 1. The van der Waals surface area contributed by atoms with Gasteiger partial charge in [-0.1, -0.05) is 29.8 Å². The predicted octanol–water partition coefficient (Wildman–Crippen LogP) is 3.37. The Morgan fingerprint density at radius 3 is 2.89 bits per heavy atom. The van der Waals surface area contributed by atoms with E-state index in [-0.39, 0.29) is 0 Å². The molecular weight excluding hydrogens is 252 g/mol. The molecule has 1 fully saturated rings. The monoisotopic (exact) mass is 272 g/mol. The van der Waals surface area contributed by atoms with E-state index in [1.165, 1.54) is 34.7 Å². The number of nitrogens with one attached hydrogen (secondary N) is 1. The maximum Gasteiger partial charge on any atom is 0.104 e. The van der Waals surface area contributed by atoms with Crippen molar-refractivity contribution in [3.05, 3.63) is 47.2 Å². The van der Waals surface area contributed by atoms with Crippen molar-refractivity contribution in [1.82, 2.24) is 5.32 Å². The number of aliphatic imine (C=N–C) groups is 1. The third kappa shape index (κ3) is 3.10. The molecule has 1 aromatic carbocycles. The summed E-state index contributed by atoms with van der Waals surface area (Å²) in [6.45, 7) is 4.40. The van der Waals surface area contributed by atoms with Crippen LogP contribution in [0.3, 0.4) is 0 Å². The van der Waals surface area contributed by atoms with Crippen molar-refractivity contribution >= 4 is 16.8 Å². The van der Waals surface area contributed by atoms with Crippen molar-refractivity contribution in [2.45, 2.75) is 19.8 Å². The average Bonchev–Trinajstić information content (AvgIpc) is 2.48. The molecule has 0 unspecified atom stereocenters. The van der Waals surface area contributed by atoms with E-state index in [9.17, 15) is 0 Å². The first kappa shape index (κ1) is 12.9. The van der Waals surface area contributed by atoms with Crippen LogP contribution in [-0.2, 0) is 0 Å². The van der Waals surface area contributed by atoms with Gasteiger partial charge in [-0.15, -0.1) is 11.8 Å². The summed E-state index contributed by atoms with van der Waals surface area (Å²) in [4.78, 5) is 4.93. The second kappa shape index (κ2) is 5.93. The number of nitrogens with zero attached hydrogens (tertiary/aromatic N) is 1. The topological polar surface area (TPSA) is 24.4 Å². The maximum absolute atomic E-state index is 4.93. The number of benzene rings is 1. The molecule has 1 aromatic rings. The molecule has 0 bridgehead atoms. The molecule has 2 aliphatic rings. The lowest BCUT2D eigenvalue weighted by Crippen LogP contribution is -2.28. The molecule has 0 aromatic heterocycles. The molecule has 2 aliphatic heterocycles. The van der Waals surface area contributed by atoms with Gasteiger partial charge in [0.05, 0.1) is 0 Å². The van der Waals surface area contributed by atoms with Gasteiger partial charge in [-0.3, -0.25) is 0 Å². The van der Waals surface area contributed by atoms with Gasteiger partial charge < -0.3 is 5.32 Å². The molecule has 0 radical (unpaired) electrons. The van der Waals surface area contributed by atoms with Gasteiger partial charge in [-0.05, 0) is 38.9 Å². The Bertz CT molecular complexity index is 513. The van der Waals surface area contributed by atoms with Crippen molar-refractivity contribution in [2.75, 3.05) is 18.8 Å². The van der Waals surface area contributed by atoms with E-state index in [0.717, 1.165) is 18.8 Å². The highest BCUT2D eigenvalue weighted by Gasteiger charge is 2.20. The van der Waals surface area contributed by atoms with Crippen LogP contribution in [0, 0.1) is 12.8 Å². The SMILES string of the molecule is Cc1cccc(C2=NC(C3CCNCC3)=CCS2)c1. The Kier molecular flexibility index (Phi) is 4.04. The van der Waals surface area contributed by atoms with Crippen LogP contribution in [0.15, 0.2) is 41.0 Å². The van der Waals surface area contributed by atoms with Gasteiger partial charge in [0.25, 0.3) is 0 Å². The largest absolute Gasteiger partial charge is 0.317 e. The van der Waals surface area contributed by atoms with Crippen LogP contribution in [0.25, 0.3) is 0 Å². The molecule has 3 rings (SSSR count). The fourth-order valence-electron chi connectivity index (χ4n) is 2.70. The van der Waals surface area contributed by atoms with Gasteiger partial charge in [0.1, 0.15) is 5.04 Å². The summed E-state index contributed by atoms with van der Waals surface area (Å²) in [6, 6.07) is 8.67. The number of hydrogen-bond acceptors (Lipinski definition) is 3. The van der Waals surface area contributed by atoms with Crippen molar-refractivity contribution in [2.24, 2.45) is 10.9 Å². The third-order valence-electron chi connectivity index (χ3n) is 3.77. The van der Waals surface area contributed by atoms with Crippen LogP contribution in [0.2, 0.25) is 0 Å². The minimum Gasteiger partial charge on any atom is -0.317 e. The lowest BCUT2D eigenvalue weighted by Gasteiger charge is -2.25. The second-order valence-electron chi connectivity index (χ2n) is 5.25. The first-order valence-electron chi connectivity index (χ1n) is 7.02. The normalized spacial score (nSPS) is 20.9. The molecule has 0 aliphatic carbocycles. The Morgan fingerprint density at radius 2 is 2.11 bits per heavy atom. The van der Waals surface area contributed by atoms with E-state index in [4.69, 9.17) is 4.99 Å². The molecule has 0 saturated carbocycles. The Labute approximate surface area is 119 Å². The Hall–Kier alpha value is -1.06. The highest BCUT2D eigenvalue weighted by molar-refractivity contribution is 8.14. The third-order valence-corrected chi connectivity index (χ3v) is 4.70. The lowest BCUT2D eigenvalue weighted by atomic mass is 9.94. The van der Waals surface area contributed by atoms with Crippen LogP contribution in [0.5, 0.6) is 0 Å². The standard InChI is InChI=1S/C16H20N2S/c1-12-3-2-4-14(11-12)16-18-15(7-10-19-16)13-5-8-17-9-6-13/h2-4,7,11,13,17H,5-6,8-10H2,1H3. The molecule has 2 nitrogen and oxygen atoms in total. The van der Waals surface area contributed by atoms with Crippen molar-refractivity contribution in [3.8, 4) is 0 Å². The number of aryl methyl sites for hydroxylation is 1. The number of allylic oxidation sites excluding steroid dienone is 1. The molecule has 0 amide bonds. The highest BCUT2D eigenvalue weighted by atomic mass is 32.2. The van der Waals surface area contributed by atoms with Gasteiger partial charge in [0.2, 0.25) is 0 Å². The van der Waals surface area contributed by atoms with Gasteiger partial charge >= 0.3 is 0 Å². The maximum atomic E-state index is 4.93. The van der Waals surface area contributed by atoms with Crippen molar-refractivity contribution in [3.63, 3.8) is 0 Å². The van der Waals surface area contributed by atoms with E-state index in [2.05, 4.69) is 42.6 Å². The fraction of sp³-hybridized carbons (Fsp3) is 0.438. The van der Waals surface area contributed by atoms with Crippen LogP contribution >= 0.6 is 11.8 Å². The summed E-state index contributed by atoms with van der Waals surface area (Å²) in [6.07, 6.45) is 4.77. The lowest BCUT2D eigenvalue weighted by molar-refractivity contribution is 0.417. The number of piperidine rings is 1. The van der Waals surface area contributed by atoms with E-state index in [1.807, 2.05) is 11.8 Å². The number of hydrogen-bond donors (Lipinski definition) is 1. The first-order chi connectivity index (χ1) is 9.33. The van der Waals surface area contributed by atoms with Crippen LogP contribution in [-0.4, -0.2) is 23.9 Å². The summed E-state index contributed by atoms with van der Waals surface area (Å²) in [5, 5.41) is 4.62. The molecule has 1 N–H and O–H groups in total. The average molecular weight is 272 g/mol. The molecule has 1 saturated heterocycles. The van der Waals surface area contributed by atoms with E-state index < -0.39 is 0 Å². The van der Waals surface area contributed by atoms with Crippen LogP contribution < -0.4 is 5.32 Å². The van der Waals surface area contributed by atoms with Gasteiger partial charge in [0.15, 0.2) is 0 Å². The molecule has 3 heteroatoms. The van der Waals surface area contributed by atoms with Crippen LogP contribution in [0.4, 0.5) is 0 Å². The Balaban J connectivity index is 1.82. The predicted molar refractivity (Wildman–Crippen MR) is 83.9 cm³/mol. The fourth-order valence-corrected chi connectivity index (χ4v) is 3.58. The number of rotatable bonds is 2. The summed E-state index contributed by atoms with van der Waals surface area (Å²) in [7, 11) is 0. The van der Waals surface area contributed by atoms with E-state index >= 15 is 0 Å². The highest BCUT2D eigenvalue weighted by Crippen LogP contribution is 2.29. The zero-order chi connectivity index (χ0) is 13.1. The molecule has 19 heavy (non-hydrogen) atoms. The van der Waals surface area contributed by atoms with Gasteiger partial charge in [-0.2, -0.15) is 0 Å². The minimum atomic E-state index is 0.655. The second-order valence-corrected chi connectivity index (χ2v) is 6.26. The summed E-state index contributed by atoms with van der Waals surface area (Å²) >= 11 is 1.85. The zero-order valence-electron chi connectivity index (χ0n) is 11.4. The quantitative estimate of drug-likeness (QED) is 0.892. The molecule has 100 valence electrons. The van der Waals surface area contributed by atoms with Crippen molar-refractivity contribution < 1.29 is 0 Å². The first-order valence-corrected chi connectivity index (χ1v) is 8.01. The molecule has 0 spiro atoms. The smallest absolute Gasteiger partial charge is 0.104 e. The van der Waals surface area contributed by atoms with Crippen molar-refractivity contribution in [1.29, 1.82) is 0 Å². The van der Waals surface area contributed by atoms with Gasteiger partial charge in [-0.25, -0.2) is 4.99 Å². The van der Waals surface area contributed by atoms with Crippen LogP contribution in [0.1, 0.15) is 24.0 Å². The molecule has 0 atom stereocenters. The zero-order valence-corrected chi connectivity index (χ0v) is 12.2. The minimum absolute atomic E-state index is 0.655. The summed E-state index contributed by atoms with van der Waals surface area (Å²) < 4.78 is 0. The molecule has 2 heterocycles. The summed E-state index contributed by atoms with van der Waals surface area (Å²) in [5.41, 5.74) is 3.89.